The van der Waals surface area contributed by atoms with Crippen LogP contribution in [0.4, 0.5) is 11.4 Å². The second kappa shape index (κ2) is 11.1. The molecule has 0 radical (unpaired) electrons. The van der Waals surface area contributed by atoms with Gasteiger partial charge in [-0.1, -0.05) is 54.9 Å². The average molecular weight is 493 g/mol. The Bertz CT molecular complexity index is 1230. The van der Waals surface area contributed by atoms with Gasteiger partial charge in [-0.05, 0) is 48.4 Å². The molecule has 180 valence electrons. The van der Waals surface area contributed by atoms with E-state index in [0.717, 1.165) is 17.7 Å². The minimum Gasteiger partial charge on any atom is -0.455 e. The summed E-state index contributed by atoms with van der Waals surface area (Å²) in [7, 11) is 0. The average Bonchev–Trinajstić information content (AvgIpc) is 3.26. The van der Waals surface area contributed by atoms with Crippen molar-refractivity contribution in [3.05, 3.63) is 83.4 Å². The van der Waals surface area contributed by atoms with E-state index in [1.54, 1.807) is 35.2 Å². The Balaban J connectivity index is 1.35. The number of halogens is 1. The minimum absolute atomic E-state index is 0.0435. The number of benzene rings is 3. The highest BCUT2D eigenvalue weighted by atomic mass is 35.5. The number of aryl methyl sites for hydroxylation is 1. The Morgan fingerprint density at radius 3 is 2.57 bits per heavy atom. The predicted octanol–water partition coefficient (Wildman–Crippen LogP) is 5.23. The molecular weight excluding hydrogens is 468 g/mol. The molecule has 3 aromatic rings. The molecule has 0 bridgehead atoms. The summed E-state index contributed by atoms with van der Waals surface area (Å²) in [5.74, 6) is -0.918. The van der Waals surface area contributed by atoms with Crippen molar-refractivity contribution in [1.29, 1.82) is 0 Å². The zero-order valence-electron chi connectivity index (χ0n) is 19.2. The van der Waals surface area contributed by atoms with E-state index in [1.165, 1.54) is 0 Å². The molecule has 0 aliphatic carbocycles. The van der Waals surface area contributed by atoms with Crippen LogP contribution in [0.1, 0.15) is 18.9 Å². The summed E-state index contributed by atoms with van der Waals surface area (Å²) < 4.78 is 11.1. The van der Waals surface area contributed by atoms with Gasteiger partial charge in [0.25, 0.3) is 5.91 Å². The summed E-state index contributed by atoms with van der Waals surface area (Å²) in [4.78, 5) is 39.3. The predicted molar refractivity (Wildman–Crippen MR) is 134 cm³/mol. The molecule has 1 aliphatic rings. The first-order valence-corrected chi connectivity index (χ1v) is 11.7. The first kappa shape index (κ1) is 24.3. The van der Waals surface area contributed by atoms with Gasteiger partial charge in [-0.25, -0.2) is 0 Å². The van der Waals surface area contributed by atoms with Gasteiger partial charge in [0.05, 0.1) is 11.6 Å². The van der Waals surface area contributed by atoms with Gasteiger partial charge in [0.1, 0.15) is 5.75 Å². The van der Waals surface area contributed by atoms with E-state index in [0.29, 0.717) is 22.2 Å². The number of hydrogen-bond acceptors (Lipinski definition) is 5. The standard InChI is InChI=1S/C27H25ClN2O5/c1-2-18-8-6-7-11-23(18)30-16-19(14-26(30)32)27(33)34-17-25(31)29-22-15-20(28)12-13-24(22)35-21-9-4-3-5-10-21/h3-13,15,19H,2,14,16-17H2,1H3,(H,29,31)/t19-/m1/s1. The first-order valence-electron chi connectivity index (χ1n) is 11.3. The first-order chi connectivity index (χ1) is 16.9. The summed E-state index contributed by atoms with van der Waals surface area (Å²) in [6.07, 6.45) is 0.816. The molecule has 8 heteroatoms. The lowest BCUT2D eigenvalue weighted by Gasteiger charge is -2.19. The molecule has 7 nitrogen and oxygen atoms in total. The number of nitrogens with zero attached hydrogens (tertiary/aromatic N) is 1. The largest absolute Gasteiger partial charge is 0.455 e. The van der Waals surface area contributed by atoms with Crippen molar-refractivity contribution in [3.63, 3.8) is 0 Å². The Kier molecular flexibility index (Phi) is 7.67. The summed E-state index contributed by atoms with van der Waals surface area (Å²) >= 11 is 6.09. The van der Waals surface area contributed by atoms with Crippen molar-refractivity contribution >= 4 is 40.8 Å². The van der Waals surface area contributed by atoms with Crippen molar-refractivity contribution in [2.75, 3.05) is 23.4 Å². The molecule has 1 saturated heterocycles. The third-order valence-corrected chi connectivity index (χ3v) is 5.89. The van der Waals surface area contributed by atoms with Crippen molar-refractivity contribution in [3.8, 4) is 11.5 Å². The molecule has 1 atom stereocenters. The molecule has 1 fully saturated rings. The molecule has 0 saturated carbocycles. The molecule has 4 rings (SSSR count). The maximum absolute atomic E-state index is 12.6. The highest BCUT2D eigenvalue weighted by molar-refractivity contribution is 6.31. The zero-order chi connectivity index (χ0) is 24.8. The Hall–Kier alpha value is -3.84. The van der Waals surface area contributed by atoms with Crippen molar-refractivity contribution < 1.29 is 23.9 Å². The second-order valence-electron chi connectivity index (χ2n) is 8.10. The summed E-state index contributed by atoms with van der Waals surface area (Å²) in [5, 5.41) is 3.08. The van der Waals surface area contributed by atoms with Crippen LogP contribution in [0.5, 0.6) is 11.5 Å². The van der Waals surface area contributed by atoms with Crippen LogP contribution in [0.15, 0.2) is 72.8 Å². The van der Waals surface area contributed by atoms with Crippen LogP contribution in [0.25, 0.3) is 0 Å². The molecule has 0 unspecified atom stereocenters. The number of nitrogens with one attached hydrogen (secondary N) is 1. The fourth-order valence-corrected chi connectivity index (χ4v) is 4.09. The van der Waals surface area contributed by atoms with Crippen LogP contribution < -0.4 is 15.0 Å². The van der Waals surface area contributed by atoms with Gasteiger partial charge >= 0.3 is 5.97 Å². The Labute approximate surface area is 208 Å². The van der Waals surface area contributed by atoms with Gasteiger partial charge < -0.3 is 19.7 Å². The number of esters is 1. The second-order valence-corrected chi connectivity index (χ2v) is 8.54. The third kappa shape index (κ3) is 6.00. The van der Waals surface area contributed by atoms with Crippen LogP contribution in [-0.2, 0) is 25.5 Å². The molecule has 0 aromatic heterocycles. The van der Waals surface area contributed by atoms with Crippen LogP contribution >= 0.6 is 11.6 Å². The van der Waals surface area contributed by atoms with Gasteiger partial charge in [-0.3, -0.25) is 14.4 Å². The maximum atomic E-state index is 12.6. The van der Waals surface area contributed by atoms with E-state index in [4.69, 9.17) is 21.1 Å². The van der Waals surface area contributed by atoms with Crippen LogP contribution in [0, 0.1) is 5.92 Å². The number of ether oxygens (including phenoxy) is 2. The monoisotopic (exact) mass is 492 g/mol. The van der Waals surface area contributed by atoms with E-state index >= 15 is 0 Å². The van der Waals surface area contributed by atoms with E-state index in [9.17, 15) is 14.4 Å². The van der Waals surface area contributed by atoms with Gasteiger partial charge in [0.15, 0.2) is 12.4 Å². The van der Waals surface area contributed by atoms with Crippen LogP contribution in [0.2, 0.25) is 5.02 Å². The molecule has 35 heavy (non-hydrogen) atoms. The molecular formula is C27H25ClN2O5. The molecule has 1 aliphatic heterocycles. The topological polar surface area (TPSA) is 84.9 Å². The minimum atomic E-state index is -0.636. The number of carbonyl (C=O) groups is 3. The van der Waals surface area contributed by atoms with Gasteiger partial charge in [0.2, 0.25) is 5.91 Å². The quantitative estimate of drug-likeness (QED) is 0.435. The fraction of sp³-hybridized carbons (Fsp3) is 0.222. The summed E-state index contributed by atoms with van der Waals surface area (Å²) in [6.45, 7) is 1.74. The number of amides is 2. The van der Waals surface area contributed by atoms with Gasteiger partial charge in [0, 0.05) is 23.7 Å². The summed E-state index contributed by atoms with van der Waals surface area (Å²) in [6, 6.07) is 21.6. The van der Waals surface area contributed by atoms with Crippen molar-refractivity contribution in [2.24, 2.45) is 5.92 Å². The number of anilines is 2. The summed E-state index contributed by atoms with van der Waals surface area (Å²) in [5.41, 5.74) is 2.19. The molecule has 2 amide bonds. The smallest absolute Gasteiger partial charge is 0.311 e. The highest BCUT2D eigenvalue weighted by Crippen LogP contribution is 2.32. The van der Waals surface area contributed by atoms with Gasteiger partial charge in [-0.15, -0.1) is 0 Å². The molecule has 3 aromatic carbocycles. The van der Waals surface area contributed by atoms with E-state index < -0.39 is 24.4 Å². The van der Waals surface area contributed by atoms with E-state index in [1.807, 2.05) is 49.4 Å². The number of carbonyl (C=O) groups excluding carboxylic acids is 3. The lowest BCUT2D eigenvalue weighted by Crippen LogP contribution is -2.28. The maximum Gasteiger partial charge on any atom is 0.311 e. The highest BCUT2D eigenvalue weighted by Gasteiger charge is 2.37. The Morgan fingerprint density at radius 2 is 1.80 bits per heavy atom. The van der Waals surface area contributed by atoms with Crippen molar-refractivity contribution in [1.82, 2.24) is 0 Å². The number of hydrogen-bond donors (Lipinski definition) is 1. The van der Waals surface area contributed by atoms with Crippen LogP contribution in [-0.4, -0.2) is 30.9 Å². The van der Waals surface area contributed by atoms with Crippen molar-refractivity contribution in [2.45, 2.75) is 19.8 Å². The SMILES string of the molecule is CCc1ccccc1N1C[C@H](C(=O)OCC(=O)Nc2cc(Cl)ccc2Oc2ccccc2)CC1=O. The zero-order valence-corrected chi connectivity index (χ0v) is 20.0. The Morgan fingerprint density at radius 1 is 1.06 bits per heavy atom. The van der Waals surface area contributed by atoms with E-state index in [2.05, 4.69) is 5.32 Å². The molecule has 0 spiro atoms. The number of rotatable bonds is 8. The lowest BCUT2D eigenvalue weighted by atomic mass is 10.1. The molecule has 1 heterocycles. The lowest BCUT2D eigenvalue weighted by molar-refractivity contribution is -0.151. The van der Waals surface area contributed by atoms with E-state index in [-0.39, 0.29) is 18.9 Å². The van der Waals surface area contributed by atoms with Crippen LogP contribution in [0.3, 0.4) is 0 Å². The molecule has 1 N–H and O–H groups in total. The fourth-order valence-electron chi connectivity index (χ4n) is 3.92. The third-order valence-electron chi connectivity index (χ3n) is 5.65. The van der Waals surface area contributed by atoms with Gasteiger partial charge in [-0.2, -0.15) is 0 Å². The normalized spacial score (nSPS) is 15.1. The number of para-hydroxylation sites is 2.